The third kappa shape index (κ3) is 5.16. The second kappa shape index (κ2) is 5.89. The first kappa shape index (κ1) is 13.0. The molecule has 0 spiro atoms. The minimum atomic E-state index is -4.03. The number of alkyl halides is 3. The Balaban J connectivity index is 2.08. The predicted octanol–water partition coefficient (Wildman–Crippen LogP) is 2.79. The number of unbranched alkanes of at least 4 members (excludes halogenated alkanes) is 1. The van der Waals surface area contributed by atoms with E-state index in [1.54, 1.807) is 6.20 Å². The number of rotatable bonds is 6. The van der Waals surface area contributed by atoms with Gasteiger partial charge >= 0.3 is 6.18 Å². The zero-order valence-corrected chi connectivity index (χ0v) is 9.14. The first-order chi connectivity index (χ1) is 7.49. The summed E-state index contributed by atoms with van der Waals surface area (Å²) in [6, 6.07) is 1.93. The molecule has 1 heterocycles. The number of hydrogen-bond donors (Lipinski definition) is 2. The predicted molar refractivity (Wildman–Crippen MR) is 54.9 cm³/mol. The van der Waals surface area contributed by atoms with Crippen molar-refractivity contribution in [1.29, 1.82) is 0 Å². The molecule has 0 radical (unpaired) electrons. The van der Waals surface area contributed by atoms with Crippen molar-refractivity contribution in [1.82, 2.24) is 15.5 Å². The van der Waals surface area contributed by atoms with Crippen LogP contribution in [0.1, 0.15) is 37.9 Å². The number of H-pyrrole nitrogens is 1. The minimum absolute atomic E-state index is 0.0911. The van der Waals surface area contributed by atoms with Crippen LogP contribution in [-0.2, 0) is 0 Å². The van der Waals surface area contributed by atoms with E-state index in [0.29, 0.717) is 13.0 Å². The second-order valence-corrected chi connectivity index (χ2v) is 3.76. The summed E-state index contributed by atoms with van der Waals surface area (Å²) >= 11 is 0. The van der Waals surface area contributed by atoms with Crippen molar-refractivity contribution < 1.29 is 13.2 Å². The quantitative estimate of drug-likeness (QED) is 0.744. The number of aromatic amines is 1. The normalized spacial score (nSPS) is 14.0. The van der Waals surface area contributed by atoms with Crippen LogP contribution in [0.2, 0.25) is 0 Å². The topological polar surface area (TPSA) is 40.7 Å². The van der Waals surface area contributed by atoms with E-state index in [1.807, 2.05) is 13.0 Å². The third-order valence-electron chi connectivity index (χ3n) is 2.33. The highest BCUT2D eigenvalue weighted by Crippen LogP contribution is 2.22. The molecule has 0 bridgehead atoms. The Morgan fingerprint density at radius 3 is 2.75 bits per heavy atom. The molecular formula is C10H16F3N3. The average molecular weight is 235 g/mol. The third-order valence-corrected chi connectivity index (χ3v) is 2.33. The molecule has 0 aliphatic carbocycles. The van der Waals surface area contributed by atoms with Gasteiger partial charge in [0.15, 0.2) is 0 Å². The molecule has 1 unspecified atom stereocenters. The molecule has 16 heavy (non-hydrogen) atoms. The first-order valence-electron chi connectivity index (χ1n) is 5.28. The van der Waals surface area contributed by atoms with Crippen LogP contribution in [0.4, 0.5) is 13.2 Å². The summed E-state index contributed by atoms with van der Waals surface area (Å²) in [4.78, 5) is 0. The van der Waals surface area contributed by atoms with Crippen LogP contribution in [0.15, 0.2) is 12.3 Å². The summed E-state index contributed by atoms with van der Waals surface area (Å²) in [5.74, 6) is 0. The van der Waals surface area contributed by atoms with Gasteiger partial charge in [-0.3, -0.25) is 5.10 Å². The minimum Gasteiger partial charge on any atom is -0.309 e. The Morgan fingerprint density at radius 2 is 2.19 bits per heavy atom. The Labute approximate surface area is 92.4 Å². The van der Waals surface area contributed by atoms with Crippen LogP contribution in [0.25, 0.3) is 0 Å². The Morgan fingerprint density at radius 1 is 1.44 bits per heavy atom. The molecule has 0 saturated carbocycles. The average Bonchev–Trinajstić information content (AvgIpc) is 2.67. The molecule has 0 aliphatic rings. The van der Waals surface area contributed by atoms with Crippen molar-refractivity contribution >= 4 is 0 Å². The van der Waals surface area contributed by atoms with Gasteiger partial charge in [-0.2, -0.15) is 18.3 Å². The van der Waals surface area contributed by atoms with E-state index in [9.17, 15) is 13.2 Å². The highest BCUT2D eigenvalue weighted by atomic mass is 19.4. The highest BCUT2D eigenvalue weighted by molar-refractivity contribution is 5.02. The van der Waals surface area contributed by atoms with Crippen molar-refractivity contribution in [3.05, 3.63) is 18.0 Å². The molecule has 0 amide bonds. The molecule has 1 rings (SSSR count). The summed E-state index contributed by atoms with van der Waals surface area (Å²) < 4.78 is 35.5. The van der Waals surface area contributed by atoms with Gasteiger partial charge in [-0.25, -0.2) is 0 Å². The summed E-state index contributed by atoms with van der Waals surface area (Å²) in [7, 11) is 0. The zero-order valence-electron chi connectivity index (χ0n) is 9.14. The van der Waals surface area contributed by atoms with Gasteiger partial charge in [0.2, 0.25) is 0 Å². The fourth-order valence-electron chi connectivity index (χ4n) is 1.39. The zero-order chi connectivity index (χ0) is 12.0. The van der Waals surface area contributed by atoms with Gasteiger partial charge in [0.1, 0.15) is 0 Å². The molecule has 0 saturated heterocycles. The van der Waals surface area contributed by atoms with Crippen LogP contribution in [0.3, 0.4) is 0 Å². The van der Waals surface area contributed by atoms with E-state index >= 15 is 0 Å². The van der Waals surface area contributed by atoms with Crippen molar-refractivity contribution in [2.45, 2.75) is 38.4 Å². The van der Waals surface area contributed by atoms with Gasteiger partial charge in [-0.15, -0.1) is 0 Å². The van der Waals surface area contributed by atoms with Crippen LogP contribution >= 0.6 is 0 Å². The first-order valence-corrected chi connectivity index (χ1v) is 5.28. The fraction of sp³-hybridized carbons (Fsp3) is 0.700. The van der Waals surface area contributed by atoms with E-state index in [-0.39, 0.29) is 12.5 Å². The Hall–Kier alpha value is -1.04. The SMILES string of the molecule is CC(NCCCCC(F)(F)F)c1ccn[nH]1. The molecule has 1 aromatic heterocycles. The van der Waals surface area contributed by atoms with E-state index in [0.717, 1.165) is 5.69 Å². The van der Waals surface area contributed by atoms with Crippen LogP contribution in [-0.4, -0.2) is 22.9 Å². The largest absolute Gasteiger partial charge is 0.389 e. The van der Waals surface area contributed by atoms with E-state index in [2.05, 4.69) is 15.5 Å². The van der Waals surface area contributed by atoms with Gasteiger partial charge in [0, 0.05) is 18.7 Å². The Bertz CT molecular complexity index is 282. The lowest BCUT2D eigenvalue weighted by atomic mass is 10.2. The Kier molecular flexibility index (Phi) is 4.79. The van der Waals surface area contributed by atoms with E-state index < -0.39 is 12.6 Å². The van der Waals surface area contributed by atoms with Crippen LogP contribution in [0.5, 0.6) is 0 Å². The summed E-state index contributed by atoms with van der Waals surface area (Å²) in [6.45, 7) is 2.52. The van der Waals surface area contributed by atoms with Gasteiger partial charge in [-0.05, 0) is 32.4 Å². The summed E-state index contributed by atoms with van der Waals surface area (Å²) in [5, 5.41) is 9.75. The fourth-order valence-corrected chi connectivity index (χ4v) is 1.39. The maximum atomic E-state index is 11.8. The number of aromatic nitrogens is 2. The van der Waals surface area contributed by atoms with Crippen molar-refractivity contribution in [3.63, 3.8) is 0 Å². The second-order valence-electron chi connectivity index (χ2n) is 3.76. The lowest BCUT2D eigenvalue weighted by Crippen LogP contribution is -2.20. The molecular weight excluding hydrogens is 219 g/mol. The summed E-state index contributed by atoms with van der Waals surface area (Å²) in [5.41, 5.74) is 0.941. The van der Waals surface area contributed by atoms with Crippen molar-refractivity contribution in [3.8, 4) is 0 Å². The number of hydrogen-bond acceptors (Lipinski definition) is 2. The molecule has 3 nitrogen and oxygen atoms in total. The van der Waals surface area contributed by atoms with Gasteiger partial charge < -0.3 is 5.32 Å². The molecule has 0 aromatic carbocycles. The maximum Gasteiger partial charge on any atom is 0.389 e. The number of nitrogens with zero attached hydrogens (tertiary/aromatic N) is 1. The summed E-state index contributed by atoms with van der Waals surface area (Å²) in [6.07, 6.45) is -2.39. The molecule has 1 atom stereocenters. The molecule has 0 fully saturated rings. The standard InChI is InChI=1S/C10H16F3N3/c1-8(9-4-7-15-16-9)14-6-3-2-5-10(11,12)13/h4,7-8,14H,2-3,5-6H2,1H3,(H,15,16). The van der Waals surface area contributed by atoms with Crippen molar-refractivity contribution in [2.75, 3.05) is 6.54 Å². The highest BCUT2D eigenvalue weighted by Gasteiger charge is 2.25. The number of halogens is 3. The van der Waals surface area contributed by atoms with Crippen LogP contribution < -0.4 is 5.32 Å². The molecule has 6 heteroatoms. The monoisotopic (exact) mass is 235 g/mol. The molecule has 1 aromatic rings. The lowest BCUT2D eigenvalue weighted by Gasteiger charge is -2.12. The van der Waals surface area contributed by atoms with Crippen LogP contribution in [0, 0.1) is 0 Å². The smallest absolute Gasteiger partial charge is 0.309 e. The van der Waals surface area contributed by atoms with Crippen molar-refractivity contribution in [2.24, 2.45) is 0 Å². The lowest BCUT2D eigenvalue weighted by molar-refractivity contribution is -0.135. The van der Waals surface area contributed by atoms with Gasteiger partial charge in [0.25, 0.3) is 0 Å². The number of nitrogens with one attached hydrogen (secondary N) is 2. The maximum absolute atomic E-state index is 11.8. The van der Waals surface area contributed by atoms with Gasteiger partial charge in [-0.1, -0.05) is 0 Å². The molecule has 92 valence electrons. The van der Waals surface area contributed by atoms with E-state index in [1.165, 1.54) is 0 Å². The molecule has 0 aliphatic heterocycles. The van der Waals surface area contributed by atoms with E-state index in [4.69, 9.17) is 0 Å². The molecule has 2 N–H and O–H groups in total. The van der Waals surface area contributed by atoms with Gasteiger partial charge in [0.05, 0.1) is 5.69 Å².